The summed E-state index contributed by atoms with van der Waals surface area (Å²) in [4.78, 5) is 23.0. The van der Waals surface area contributed by atoms with Crippen LogP contribution >= 0.6 is 0 Å². The van der Waals surface area contributed by atoms with Crippen molar-refractivity contribution >= 4 is 11.7 Å². The van der Waals surface area contributed by atoms with Gasteiger partial charge < -0.3 is 4.74 Å². The quantitative estimate of drug-likeness (QED) is 0.217. The van der Waals surface area contributed by atoms with E-state index >= 15 is 0 Å². The van der Waals surface area contributed by atoms with Crippen LogP contribution in [0.25, 0.3) is 11.3 Å². The lowest BCUT2D eigenvalue weighted by Crippen LogP contribution is -2.33. The maximum atomic E-state index is 13.3. The summed E-state index contributed by atoms with van der Waals surface area (Å²) >= 11 is 0. The zero-order valence-corrected chi connectivity index (χ0v) is 21.3. The minimum absolute atomic E-state index is 0.352. The minimum atomic E-state index is -0.717. The fourth-order valence-corrected chi connectivity index (χ4v) is 4.00. The molecule has 0 aliphatic carbocycles. The van der Waals surface area contributed by atoms with E-state index in [0.29, 0.717) is 6.42 Å². The molecule has 0 fully saturated rings. The molecule has 0 aliphatic heterocycles. The molecule has 1 heterocycles. The molecule has 36 heavy (non-hydrogen) atoms. The van der Waals surface area contributed by atoms with E-state index in [1.807, 2.05) is 112 Å². The summed E-state index contributed by atoms with van der Waals surface area (Å²) in [6, 6.07) is 31.4. The largest absolute Gasteiger partial charge is 0.458 e. The molecule has 0 aliphatic rings. The van der Waals surface area contributed by atoms with Gasteiger partial charge in [0.25, 0.3) is 0 Å². The number of aromatic nitrogens is 1. The predicted octanol–water partition coefficient (Wildman–Crippen LogP) is 6.85. The van der Waals surface area contributed by atoms with E-state index in [2.05, 4.69) is 19.1 Å². The summed E-state index contributed by atoms with van der Waals surface area (Å²) in [6.07, 6.45) is 2.22. The molecule has 182 valence electrons. The van der Waals surface area contributed by atoms with Crippen molar-refractivity contribution in [2.24, 2.45) is 4.99 Å². The van der Waals surface area contributed by atoms with Crippen molar-refractivity contribution in [3.05, 3.63) is 126 Å². The van der Waals surface area contributed by atoms with Gasteiger partial charge in [0.05, 0.1) is 11.4 Å². The van der Waals surface area contributed by atoms with Crippen LogP contribution in [0.4, 0.5) is 0 Å². The number of hydrogen-bond donors (Lipinski definition) is 0. The predicted molar refractivity (Wildman–Crippen MR) is 146 cm³/mol. The van der Waals surface area contributed by atoms with Crippen molar-refractivity contribution in [2.75, 3.05) is 0 Å². The Morgan fingerprint density at radius 3 is 1.94 bits per heavy atom. The third-order valence-electron chi connectivity index (χ3n) is 5.73. The lowest BCUT2D eigenvalue weighted by Gasteiger charge is -2.23. The highest BCUT2D eigenvalue weighted by atomic mass is 16.6. The lowest BCUT2D eigenvalue weighted by molar-refractivity contribution is -0.156. The van der Waals surface area contributed by atoms with Gasteiger partial charge in [0.1, 0.15) is 5.60 Å². The summed E-state index contributed by atoms with van der Waals surface area (Å²) in [5, 5.41) is 0. The van der Waals surface area contributed by atoms with Crippen LogP contribution in [0.5, 0.6) is 0 Å². The normalized spacial score (nSPS) is 12.0. The Balaban J connectivity index is 1.71. The Hall–Kier alpha value is -4.05. The van der Waals surface area contributed by atoms with Gasteiger partial charge in [0, 0.05) is 29.3 Å². The van der Waals surface area contributed by atoms with E-state index in [1.165, 1.54) is 5.56 Å². The first-order valence-corrected chi connectivity index (χ1v) is 12.2. The van der Waals surface area contributed by atoms with Gasteiger partial charge in [-0.05, 0) is 44.9 Å². The topological polar surface area (TPSA) is 51.5 Å². The number of hydrogen-bond acceptors (Lipinski definition) is 4. The lowest BCUT2D eigenvalue weighted by atomic mass is 10.0. The molecular formula is C32H32N2O2. The Morgan fingerprint density at radius 2 is 1.42 bits per heavy atom. The standard InChI is InChI=1S/C32H32N2O2/c1-23-13-11-12-18-27(23)28-20-19-24(22-33-28)21-29(31(35)36-32(2,3)4)34-30(25-14-7-5-8-15-25)26-16-9-6-10-17-26/h5-20,22,29H,21H2,1-4H3. The highest BCUT2D eigenvalue weighted by Crippen LogP contribution is 2.22. The highest BCUT2D eigenvalue weighted by molar-refractivity contribution is 6.13. The van der Waals surface area contributed by atoms with Gasteiger partial charge in [0.2, 0.25) is 0 Å². The van der Waals surface area contributed by atoms with Crippen molar-refractivity contribution in [3.63, 3.8) is 0 Å². The number of aliphatic imine (C=N–C) groups is 1. The Bertz CT molecular complexity index is 1280. The first-order chi connectivity index (χ1) is 17.3. The zero-order chi connectivity index (χ0) is 25.5. The van der Waals surface area contributed by atoms with Crippen molar-refractivity contribution < 1.29 is 9.53 Å². The molecule has 0 saturated carbocycles. The summed E-state index contributed by atoms with van der Waals surface area (Å²) < 4.78 is 5.79. The van der Waals surface area contributed by atoms with Gasteiger partial charge in [0.15, 0.2) is 6.04 Å². The Kier molecular flexibility index (Phi) is 7.74. The number of nitrogens with zero attached hydrogens (tertiary/aromatic N) is 2. The molecule has 0 spiro atoms. The maximum Gasteiger partial charge on any atom is 0.331 e. The summed E-state index contributed by atoms with van der Waals surface area (Å²) in [5.74, 6) is -0.352. The van der Waals surface area contributed by atoms with Crippen LogP contribution < -0.4 is 0 Å². The van der Waals surface area contributed by atoms with E-state index in [1.54, 1.807) is 0 Å². The number of aryl methyl sites for hydroxylation is 1. The van der Waals surface area contributed by atoms with Crippen LogP contribution in [-0.4, -0.2) is 28.3 Å². The van der Waals surface area contributed by atoms with Gasteiger partial charge >= 0.3 is 5.97 Å². The number of ether oxygens (including phenoxy) is 1. The Morgan fingerprint density at radius 1 is 0.833 bits per heavy atom. The SMILES string of the molecule is Cc1ccccc1-c1ccc(CC(N=C(c2ccccc2)c2ccccc2)C(=O)OC(C)(C)C)cn1. The van der Waals surface area contributed by atoms with E-state index in [0.717, 1.165) is 33.7 Å². The molecule has 4 nitrogen and oxygen atoms in total. The molecule has 1 atom stereocenters. The number of carbonyl (C=O) groups is 1. The first kappa shape index (κ1) is 25.1. The Labute approximate surface area is 213 Å². The summed E-state index contributed by atoms with van der Waals surface area (Å²) in [6.45, 7) is 7.70. The van der Waals surface area contributed by atoms with E-state index in [9.17, 15) is 4.79 Å². The van der Waals surface area contributed by atoms with Crippen molar-refractivity contribution in [2.45, 2.75) is 45.8 Å². The van der Waals surface area contributed by atoms with Gasteiger partial charge in [-0.3, -0.25) is 9.98 Å². The average molecular weight is 477 g/mol. The molecule has 0 bridgehead atoms. The monoisotopic (exact) mass is 476 g/mol. The minimum Gasteiger partial charge on any atom is -0.458 e. The molecule has 0 radical (unpaired) electrons. The van der Waals surface area contributed by atoms with Gasteiger partial charge in [-0.1, -0.05) is 91.0 Å². The van der Waals surface area contributed by atoms with Crippen LogP contribution in [0, 0.1) is 6.92 Å². The molecule has 1 aromatic heterocycles. The highest BCUT2D eigenvalue weighted by Gasteiger charge is 2.26. The molecule has 4 heteroatoms. The molecule has 3 aromatic carbocycles. The summed E-state index contributed by atoms with van der Waals surface area (Å²) in [7, 11) is 0. The van der Waals surface area contributed by atoms with Crippen LogP contribution in [0.15, 0.2) is 108 Å². The molecule has 1 unspecified atom stereocenters. The van der Waals surface area contributed by atoms with E-state index < -0.39 is 11.6 Å². The average Bonchev–Trinajstić information content (AvgIpc) is 2.87. The van der Waals surface area contributed by atoms with Gasteiger partial charge in [-0.25, -0.2) is 4.79 Å². The second-order valence-corrected chi connectivity index (χ2v) is 9.83. The van der Waals surface area contributed by atoms with Crippen LogP contribution in [0.1, 0.15) is 43.0 Å². The second-order valence-electron chi connectivity index (χ2n) is 9.83. The molecule has 4 aromatic rings. The third-order valence-corrected chi connectivity index (χ3v) is 5.73. The zero-order valence-electron chi connectivity index (χ0n) is 21.3. The first-order valence-electron chi connectivity index (χ1n) is 12.2. The van der Waals surface area contributed by atoms with Gasteiger partial charge in [-0.15, -0.1) is 0 Å². The van der Waals surface area contributed by atoms with Crippen LogP contribution in [0.2, 0.25) is 0 Å². The summed E-state index contributed by atoms with van der Waals surface area (Å²) in [5.41, 5.74) is 6.14. The fraction of sp³-hybridized carbons (Fsp3) is 0.219. The van der Waals surface area contributed by atoms with Crippen LogP contribution in [-0.2, 0) is 16.0 Å². The second kappa shape index (κ2) is 11.1. The number of benzene rings is 3. The number of pyridine rings is 1. The van der Waals surface area contributed by atoms with Crippen molar-refractivity contribution in [1.82, 2.24) is 4.98 Å². The molecule has 0 saturated heterocycles. The fourth-order valence-electron chi connectivity index (χ4n) is 4.00. The maximum absolute atomic E-state index is 13.3. The van der Waals surface area contributed by atoms with Crippen LogP contribution in [0.3, 0.4) is 0 Å². The molecule has 0 amide bonds. The molecule has 4 rings (SSSR count). The van der Waals surface area contributed by atoms with Crippen molar-refractivity contribution in [3.8, 4) is 11.3 Å². The number of esters is 1. The molecular weight excluding hydrogens is 444 g/mol. The van der Waals surface area contributed by atoms with E-state index in [4.69, 9.17) is 14.7 Å². The van der Waals surface area contributed by atoms with Gasteiger partial charge in [-0.2, -0.15) is 0 Å². The molecule has 0 N–H and O–H groups in total. The van der Waals surface area contributed by atoms with E-state index in [-0.39, 0.29) is 5.97 Å². The van der Waals surface area contributed by atoms with Crippen molar-refractivity contribution in [1.29, 1.82) is 0 Å². The smallest absolute Gasteiger partial charge is 0.331 e. The number of rotatable bonds is 7. The third kappa shape index (κ3) is 6.54. The number of carbonyl (C=O) groups excluding carboxylic acids is 1.